The Labute approximate surface area is 146 Å². The van der Waals surface area contributed by atoms with Gasteiger partial charge in [0.1, 0.15) is 17.8 Å². The van der Waals surface area contributed by atoms with Crippen molar-refractivity contribution in [1.82, 2.24) is 9.80 Å². The number of benzene rings is 1. The number of carbonyl (C=O) groups is 1. The monoisotopic (exact) mass is 339 g/mol. The highest BCUT2D eigenvalue weighted by molar-refractivity contribution is 6.04. The Morgan fingerprint density at radius 2 is 2.04 bits per heavy atom. The van der Waals surface area contributed by atoms with Gasteiger partial charge in [0.25, 0.3) is 0 Å². The molecule has 0 aromatic heterocycles. The van der Waals surface area contributed by atoms with E-state index in [0.717, 1.165) is 38.2 Å². The fraction of sp³-hybridized carbons (Fsp3) is 0.278. The van der Waals surface area contributed by atoms with Crippen LogP contribution in [0.2, 0.25) is 0 Å². The van der Waals surface area contributed by atoms with Gasteiger partial charge < -0.3 is 15.4 Å². The quantitative estimate of drug-likeness (QED) is 0.646. The van der Waals surface area contributed by atoms with E-state index in [1.165, 1.54) is 0 Å². The molecule has 0 spiro atoms. The molecule has 1 saturated heterocycles. The number of nitrogens with zero attached hydrogens (tertiary/aromatic N) is 4. The van der Waals surface area contributed by atoms with Gasteiger partial charge in [0.05, 0.1) is 25.6 Å². The second-order valence-corrected chi connectivity index (χ2v) is 5.75. The summed E-state index contributed by atoms with van der Waals surface area (Å²) in [6.45, 7) is 7.53. The Balaban J connectivity index is 1.95. The molecule has 3 rings (SSSR count). The highest BCUT2D eigenvalue weighted by Gasteiger charge is 2.23. The van der Waals surface area contributed by atoms with Crippen LogP contribution in [0.5, 0.6) is 0 Å². The second kappa shape index (κ2) is 7.87. The molecule has 0 bridgehead atoms. The number of hydrogen-bond acceptors (Lipinski definition) is 7. The molecule has 0 unspecified atom stereocenters. The zero-order valence-electron chi connectivity index (χ0n) is 14.0. The van der Waals surface area contributed by atoms with Crippen molar-refractivity contribution in [2.24, 2.45) is 15.7 Å². The van der Waals surface area contributed by atoms with Crippen LogP contribution < -0.4 is 5.73 Å². The van der Waals surface area contributed by atoms with Crippen LogP contribution in [-0.4, -0.2) is 61.6 Å². The van der Waals surface area contributed by atoms with Gasteiger partial charge in [0, 0.05) is 36.6 Å². The maximum Gasteiger partial charge on any atom is 0.150 e. The molecule has 2 aliphatic rings. The molecule has 130 valence electrons. The molecule has 0 amide bonds. The van der Waals surface area contributed by atoms with Crippen molar-refractivity contribution in [1.29, 1.82) is 0 Å². The van der Waals surface area contributed by atoms with Crippen LogP contribution >= 0.6 is 0 Å². The lowest BCUT2D eigenvalue weighted by atomic mass is 10.1. The number of aldehydes is 1. The first kappa shape index (κ1) is 17.1. The molecular weight excluding hydrogens is 318 g/mol. The molecule has 1 aromatic rings. The van der Waals surface area contributed by atoms with E-state index >= 15 is 0 Å². The van der Waals surface area contributed by atoms with Gasteiger partial charge in [-0.1, -0.05) is 24.3 Å². The molecule has 2 N–H and O–H groups in total. The van der Waals surface area contributed by atoms with E-state index in [4.69, 9.17) is 10.5 Å². The number of nitrogens with two attached hydrogens (primary N) is 1. The highest BCUT2D eigenvalue weighted by atomic mass is 16.5. The first-order valence-electron chi connectivity index (χ1n) is 8.06. The van der Waals surface area contributed by atoms with Crippen molar-refractivity contribution < 1.29 is 9.53 Å². The molecule has 0 radical (unpaired) electrons. The van der Waals surface area contributed by atoms with Crippen LogP contribution in [-0.2, 0) is 4.74 Å². The molecule has 2 aliphatic heterocycles. The number of ether oxygens (including phenoxy) is 1. The van der Waals surface area contributed by atoms with E-state index in [1.807, 2.05) is 23.2 Å². The Hall–Kier alpha value is -2.77. The van der Waals surface area contributed by atoms with Gasteiger partial charge in [-0.15, -0.1) is 0 Å². The van der Waals surface area contributed by atoms with Gasteiger partial charge >= 0.3 is 0 Å². The van der Waals surface area contributed by atoms with Gasteiger partial charge in [0.2, 0.25) is 0 Å². The Morgan fingerprint density at radius 1 is 1.32 bits per heavy atom. The zero-order chi connectivity index (χ0) is 17.6. The molecule has 0 atom stereocenters. The zero-order valence-corrected chi connectivity index (χ0v) is 14.0. The Morgan fingerprint density at radius 3 is 2.68 bits per heavy atom. The van der Waals surface area contributed by atoms with Crippen LogP contribution in [0, 0.1) is 0 Å². The predicted molar refractivity (Wildman–Crippen MR) is 98.2 cm³/mol. The lowest BCUT2D eigenvalue weighted by molar-refractivity contribution is 0.0232. The van der Waals surface area contributed by atoms with E-state index in [-0.39, 0.29) is 0 Å². The SMILES string of the molecule is C=N/C(=C1/C(N)=NC=CN1CN1CCOCC1)c1ccc(C=O)cc1. The van der Waals surface area contributed by atoms with Gasteiger partial charge in [0.15, 0.2) is 0 Å². The maximum absolute atomic E-state index is 10.9. The predicted octanol–water partition coefficient (Wildman–Crippen LogP) is 1.30. The lowest BCUT2D eigenvalue weighted by Gasteiger charge is -2.34. The highest BCUT2D eigenvalue weighted by Crippen LogP contribution is 2.25. The van der Waals surface area contributed by atoms with Gasteiger partial charge in [-0.3, -0.25) is 14.7 Å². The van der Waals surface area contributed by atoms with Crippen LogP contribution in [0.15, 0.2) is 52.3 Å². The third-order valence-corrected chi connectivity index (χ3v) is 4.15. The molecular formula is C18H21N5O2. The second-order valence-electron chi connectivity index (χ2n) is 5.75. The summed E-state index contributed by atoms with van der Waals surface area (Å²) in [6.07, 6.45) is 4.36. The molecule has 0 saturated carbocycles. The van der Waals surface area contributed by atoms with Crippen molar-refractivity contribution in [3.8, 4) is 0 Å². The molecule has 25 heavy (non-hydrogen) atoms. The van der Waals surface area contributed by atoms with E-state index in [0.29, 0.717) is 29.5 Å². The van der Waals surface area contributed by atoms with E-state index in [2.05, 4.69) is 21.6 Å². The number of aliphatic imine (C=N–C) groups is 2. The third-order valence-electron chi connectivity index (χ3n) is 4.15. The normalized spacial score (nSPS) is 20.2. The molecule has 2 heterocycles. The minimum absolute atomic E-state index is 0.387. The minimum atomic E-state index is 0.387. The lowest BCUT2D eigenvalue weighted by Crippen LogP contribution is -2.44. The van der Waals surface area contributed by atoms with E-state index < -0.39 is 0 Å². The first-order chi connectivity index (χ1) is 12.2. The Kier molecular flexibility index (Phi) is 5.37. The van der Waals surface area contributed by atoms with E-state index in [9.17, 15) is 4.79 Å². The molecule has 7 nitrogen and oxygen atoms in total. The number of rotatable bonds is 5. The van der Waals surface area contributed by atoms with Crippen LogP contribution in [0.3, 0.4) is 0 Å². The van der Waals surface area contributed by atoms with Crippen molar-refractivity contribution in [3.63, 3.8) is 0 Å². The summed E-state index contributed by atoms with van der Waals surface area (Å²) in [5, 5.41) is 0. The van der Waals surface area contributed by atoms with Gasteiger partial charge in [-0.2, -0.15) is 0 Å². The summed E-state index contributed by atoms with van der Waals surface area (Å²) < 4.78 is 5.40. The van der Waals surface area contributed by atoms with E-state index in [1.54, 1.807) is 18.3 Å². The summed E-state index contributed by atoms with van der Waals surface area (Å²) in [6, 6.07) is 7.15. The average Bonchev–Trinajstić information content (AvgIpc) is 2.66. The standard InChI is InChI=1S/C18H21N5O2/c1-20-16(15-4-2-14(12-24)3-5-15)17-18(19)21-6-7-23(17)13-22-8-10-25-11-9-22/h2-7,12H,1,8-11,13H2,(H2,19,21)/b17-16-. The Bertz CT molecular complexity index is 730. The van der Waals surface area contributed by atoms with Crippen molar-refractivity contribution in [3.05, 3.63) is 53.5 Å². The van der Waals surface area contributed by atoms with Crippen molar-refractivity contribution in [2.45, 2.75) is 0 Å². The van der Waals surface area contributed by atoms with Crippen LogP contribution in [0.4, 0.5) is 0 Å². The maximum atomic E-state index is 10.9. The topological polar surface area (TPSA) is 83.5 Å². The summed E-state index contributed by atoms with van der Waals surface area (Å²) in [5.41, 5.74) is 8.94. The molecule has 0 aliphatic carbocycles. The van der Waals surface area contributed by atoms with Crippen LogP contribution in [0.1, 0.15) is 15.9 Å². The summed E-state index contributed by atoms with van der Waals surface area (Å²) >= 11 is 0. The fourth-order valence-corrected chi connectivity index (χ4v) is 2.83. The minimum Gasteiger partial charge on any atom is -0.382 e. The number of amidine groups is 1. The fourth-order valence-electron chi connectivity index (χ4n) is 2.83. The molecule has 1 fully saturated rings. The number of hydrogen-bond donors (Lipinski definition) is 1. The van der Waals surface area contributed by atoms with Gasteiger partial charge in [-0.05, 0) is 6.72 Å². The number of carbonyl (C=O) groups excluding carboxylic acids is 1. The largest absolute Gasteiger partial charge is 0.382 e. The number of morpholine rings is 1. The van der Waals surface area contributed by atoms with Crippen molar-refractivity contribution >= 4 is 24.5 Å². The smallest absolute Gasteiger partial charge is 0.150 e. The summed E-state index contributed by atoms with van der Waals surface area (Å²) in [7, 11) is 0. The molecule has 1 aromatic carbocycles. The first-order valence-corrected chi connectivity index (χ1v) is 8.06. The third kappa shape index (κ3) is 3.84. The molecule has 7 heteroatoms. The van der Waals surface area contributed by atoms with Gasteiger partial charge in [-0.25, -0.2) is 4.99 Å². The summed E-state index contributed by atoms with van der Waals surface area (Å²) in [4.78, 5) is 23.6. The van der Waals surface area contributed by atoms with Crippen molar-refractivity contribution in [2.75, 3.05) is 33.0 Å². The average molecular weight is 339 g/mol. The van der Waals surface area contributed by atoms with Crippen LogP contribution in [0.25, 0.3) is 5.70 Å². The summed E-state index contributed by atoms with van der Waals surface area (Å²) in [5.74, 6) is 0.387.